The predicted molar refractivity (Wildman–Crippen MR) is 200 cm³/mol. The van der Waals surface area contributed by atoms with Crippen LogP contribution in [0.5, 0.6) is 23.1 Å². The molecule has 0 aliphatic carbocycles. The van der Waals surface area contributed by atoms with Crippen molar-refractivity contribution in [1.29, 1.82) is 0 Å². The molecule has 0 saturated carbocycles. The van der Waals surface area contributed by atoms with Crippen LogP contribution >= 0.6 is 23.2 Å². The molecular weight excluding hydrogens is 704 g/mol. The molecule has 11 heteroatoms. The van der Waals surface area contributed by atoms with E-state index in [0.717, 1.165) is 67.0 Å². The van der Waals surface area contributed by atoms with Crippen molar-refractivity contribution in [3.05, 3.63) is 153 Å². The molecule has 52 heavy (non-hydrogen) atoms. The van der Waals surface area contributed by atoms with Gasteiger partial charge in [0.05, 0.1) is 11.2 Å². The van der Waals surface area contributed by atoms with Crippen molar-refractivity contribution in [2.45, 2.75) is 20.1 Å². The van der Waals surface area contributed by atoms with E-state index in [0.29, 0.717) is 45.3 Å². The number of hydrogen-bond donors (Lipinski definition) is 0. The average Bonchev–Trinajstić information content (AvgIpc) is 3.16. The maximum Gasteiger partial charge on any atom is 0.219 e. The zero-order chi connectivity index (χ0) is 36.5. The van der Waals surface area contributed by atoms with Crippen LogP contribution in [0.1, 0.15) is 32.6 Å². The molecule has 0 atom stereocenters. The Balaban J connectivity index is 1.01. The number of ether oxygens (including phenoxy) is 3. The lowest BCUT2D eigenvalue weighted by molar-refractivity contribution is -0.104. The molecule has 1 aliphatic rings. The van der Waals surface area contributed by atoms with Crippen LogP contribution in [-0.2, 0) is 17.9 Å². The van der Waals surface area contributed by atoms with Crippen molar-refractivity contribution in [3.8, 4) is 23.1 Å². The van der Waals surface area contributed by atoms with Crippen LogP contribution in [0.4, 0.5) is 4.39 Å². The average molecular weight is 741 g/mol. The van der Waals surface area contributed by atoms with E-state index in [-0.39, 0.29) is 18.2 Å². The van der Waals surface area contributed by atoms with Crippen molar-refractivity contribution in [3.63, 3.8) is 0 Å². The quantitative estimate of drug-likeness (QED) is 0.0635. The van der Waals surface area contributed by atoms with E-state index in [4.69, 9.17) is 37.4 Å². The third-order valence-corrected chi connectivity index (χ3v) is 9.25. The number of allylic oxidation sites excluding steroid dienone is 1. The van der Waals surface area contributed by atoms with Gasteiger partial charge in [-0.2, -0.15) is 0 Å². The van der Waals surface area contributed by atoms with Gasteiger partial charge in [0.25, 0.3) is 0 Å². The van der Waals surface area contributed by atoms with Crippen molar-refractivity contribution < 1.29 is 28.2 Å². The first-order valence-electron chi connectivity index (χ1n) is 16.7. The monoisotopic (exact) mass is 739 g/mol. The number of rotatable bonds is 14. The van der Waals surface area contributed by atoms with Crippen LogP contribution in [0.2, 0.25) is 10.0 Å². The summed E-state index contributed by atoms with van der Waals surface area (Å²) in [6.07, 6.45) is 3.95. The molecule has 5 aromatic rings. The van der Waals surface area contributed by atoms with Gasteiger partial charge in [-0.15, -0.1) is 0 Å². The van der Waals surface area contributed by atoms with E-state index in [2.05, 4.69) is 14.8 Å². The Morgan fingerprint density at radius 3 is 2.25 bits per heavy atom. The van der Waals surface area contributed by atoms with Gasteiger partial charge in [-0.1, -0.05) is 53.5 Å². The third kappa shape index (κ3) is 9.55. The molecule has 1 aromatic heterocycles. The van der Waals surface area contributed by atoms with Crippen LogP contribution < -0.4 is 14.2 Å². The second kappa shape index (κ2) is 17.3. The minimum Gasteiger partial charge on any atom is -0.487 e. The summed E-state index contributed by atoms with van der Waals surface area (Å²) in [6, 6.07) is 27.8. The molecular formula is C41H36Cl2FN3O5. The molecule has 1 saturated heterocycles. The van der Waals surface area contributed by atoms with Crippen LogP contribution in [-0.4, -0.2) is 59.6 Å². The first-order chi connectivity index (χ1) is 25.2. The van der Waals surface area contributed by atoms with E-state index in [1.165, 1.54) is 24.3 Å². The van der Waals surface area contributed by atoms with E-state index in [1.807, 2.05) is 67.6 Å². The lowest BCUT2D eigenvalue weighted by Gasteiger charge is -2.37. The first-order valence-corrected chi connectivity index (χ1v) is 17.4. The third-order valence-electron chi connectivity index (χ3n) is 8.60. The summed E-state index contributed by atoms with van der Waals surface area (Å²) < 4.78 is 30.7. The molecule has 0 spiro atoms. The van der Waals surface area contributed by atoms with Crippen LogP contribution in [0.15, 0.2) is 109 Å². The Kier molecular flexibility index (Phi) is 12.2. The van der Waals surface area contributed by atoms with E-state index in [1.54, 1.807) is 24.4 Å². The van der Waals surface area contributed by atoms with Gasteiger partial charge in [0.1, 0.15) is 30.2 Å². The molecule has 1 aliphatic heterocycles. The number of carbonyl (C=O) groups excluding carboxylic acids is 2. The van der Waals surface area contributed by atoms with Crippen molar-refractivity contribution in [2.24, 2.45) is 0 Å². The first kappa shape index (κ1) is 36.6. The van der Waals surface area contributed by atoms with Gasteiger partial charge in [0.15, 0.2) is 18.1 Å². The van der Waals surface area contributed by atoms with E-state index in [9.17, 15) is 14.0 Å². The number of hydrogen-bond acceptors (Lipinski definition) is 8. The lowest BCUT2D eigenvalue weighted by atomic mass is 10.1. The minimum atomic E-state index is -0.390. The van der Waals surface area contributed by atoms with Gasteiger partial charge in [-0.25, -0.2) is 9.37 Å². The number of carbonyl (C=O) groups is 2. The molecule has 1 fully saturated rings. The predicted octanol–water partition coefficient (Wildman–Crippen LogP) is 8.83. The number of pyridine rings is 1. The SMILES string of the molecule is Cc1cc(C(=CC=O)N2CCN(Cc3ccc(OCC(=O)c4ccc(F)cc4)cc3)CC2)cc(Cl)c1Oc1ccc(OCc2ccccc2Cl)cn1. The zero-order valence-corrected chi connectivity index (χ0v) is 29.9. The summed E-state index contributed by atoms with van der Waals surface area (Å²) in [5.74, 6) is 1.40. The highest BCUT2D eigenvalue weighted by atomic mass is 35.5. The van der Waals surface area contributed by atoms with Gasteiger partial charge < -0.3 is 19.1 Å². The van der Waals surface area contributed by atoms with Gasteiger partial charge in [-0.3, -0.25) is 14.5 Å². The van der Waals surface area contributed by atoms with Gasteiger partial charge in [-0.05, 0) is 84.3 Å². The number of benzene rings is 4. The van der Waals surface area contributed by atoms with Gasteiger partial charge in [0, 0.05) is 66.7 Å². The number of piperazine rings is 1. The minimum absolute atomic E-state index is 0.128. The molecule has 0 unspecified atom stereocenters. The smallest absolute Gasteiger partial charge is 0.219 e. The Morgan fingerprint density at radius 1 is 0.846 bits per heavy atom. The van der Waals surface area contributed by atoms with Gasteiger partial charge in [0.2, 0.25) is 5.88 Å². The molecule has 2 heterocycles. The highest BCUT2D eigenvalue weighted by Crippen LogP contribution is 2.36. The molecule has 8 nitrogen and oxygen atoms in total. The highest BCUT2D eigenvalue weighted by molar-refractivity contribution is 6.32. The maximum atomic E-state index is 13.1. The van der Waals surface area contributed by atoms with Crippen molar-refractivity contribution in [1.82, 2.24) is 14.8 Å². The second-order valence-electron chi connectivity index (χ2n) is 12.2. The fourth-order valence-electron chi connectivity index (χ4n) is 5.81. The number of nitrogens with zero attached hydrogens (tertiary/aromatic N) is 3. The summed E-state index contributed by atoms with van der Waals surface area (Å²) in [7, 11) is 0. The fourth-order valence-corrected chi connectivity index (χ4v) is 6.31. The molecule has 4 aromatic carbocycles. The van der Waals surface area contributed by atoms with Crippen LogP contribution in [0.25, 0.3) is 5.70 Å². The molecule has 0 bridgehead atoms. The summed E-state index contributed by atoms with van der Waals surface area (Å²) >= 11 is 13.0. The number of aromatic nitrogens is 1. The van der Waals surface area contributed by atoms with E-state index < -0.39 is 0 Å². The van der Waals surface area contributed by atoms with Gasteiger partial charge >= 0.3 is 0 Å². The standard InChI is InChI=1S/C41H36Cl2FN3O5/c1-28-22-32(23-37(43)41(28)52-40-15-14-35(24-45-40)50-26-31-4-2-3-5-36(31)42)38(16-21-48)47-19-17-46(18-20-47)25-29-6-12-34(13-7-29)51-27-39(49)30-8-10-33(44)11-9-30/h2-16,21-24H,17-20,25-27H2,1H3. The maximum absolute atomic E-state index is 13.1. The van der Waals surface area contributed by atoms with Crippen molar-refractivity contribution >= 4 is 41.0 Å². The summed E-state index contributed by atoms with van der Waals surface area (Å²) in [5, 5.41) is 1.04. The molecule has 266 valence electrons. The normalized spacial score (nSPS) is 13.5. The number of aryl methyl sites for hydroxylation is 1. The fraction of sp³-hybridized carbons (Fsp3) is 0.195. The van der Waals surface area contributed by atoms with E-state index >= 15 is 0 Å². The largest absolute Gasteiger partial charge is 0.487 e. The van der Waals surface area contributed by atoms with Crippen molar-refractivity contribution in [2.75, 3.05) is 32.8 Å². The Labute approximate surface area is 312 Å². The lowest BCUT2D eigenvalue weighted by Crippen LogP contribution is -2.45. The number of halogens is 3. The second-order valence-corrected chi connectivity index (χ2v) is 13.0. The van der Waals surface area contributed by atoms with Crippen LogP contribution in [0, 0.1) is 12.7 Å². The summed E-state index contributed by atoms with van der Waals surface area (Å²) in [4.78, 5) is 33.0. The zero-order valence-electron chi connectivity index (χ0n) is 28.4. The molecule has 0 N–H and O–H groups in total. The molecule has 6 rings (SSSR count). The topological polar surface area (TPSA) is 81.2 Å². The number of aldehydes is 1. The molecule has 0 radical (unpaired) electrons. The Morgan fingerprint density at radius 2 is 1.58 bits per heavy atom. The molecule has 0 amide bonds. The highest BCUT2D eigenvalue weighted by Gasteiger charge is 2.22. The number of ketones is 1. The summed E-state index contributed by atoms with van der Waals surface area (Å²) in [5.41, 5.74) is 4.80. The van der Waals surface area contributed by atoms with Crippen LogP contribution in [0.3, 0.4) is 0 Å². The Bertz CT molecular complexity index is 2010. The Hall–Kier alpha value is -5.22. The summed E-state index contributed by atoms with van der Waals surface area (Å²) in [6.45, 7) is 5.86. The number of Topliss-reactive ketones (excluding diaryl/α,β-unsaturated/α-hetero) is 1.